The summed E-state index contributed by atoms with van der Waals surface area (Å²) in [6.07, 6.45) is 1.92. The molecule has 31 heavy (non-hydrogen) atoms. The maximum atomic E-state index is 12.0. The first-order valence-electron chi connectivity index (χ1n) is 11.1. The highest BCUT2D eigenvalue weighted by molar-refractivity contribution is 5.77. The van der Waals surface area contributed by atoms with Crippen LogP contribution in [0.15, 0.2) is 78.9 Å². The standard InChI is InChI=1S/C27H30N2O2/c1-2-16-28-26(30)20-31-24-14-13-22-15-17-29(19-21-9-5-3-6-10-21)27(25(22)18-24)23-11-7-4-8-12-23/h3-14,18,27H,2,15-17,19-20H2,1H3,(H,28,30)/t27-/m0/s1. The minimum Gasteiger partial charge on any atom is -0.484 e. The van der Waals surface area contributed by atoms with E-state index in [2.05, 4.69) is 83.0 Å². The summed E-state index contributed by atoms with van der Waals surface area (Å²) < 4.78 is 5.84. The minimum atomic E-state index is -0.0788. The molecule has 0 radical (unpaired) electrons. The molecule has 4 rings (SSSR count). The van der Waals surface area contributed by atoms with Crippen LogP contribution in [0.1, 0.15) is 41.6 Å². The zero-order valence-corrected chi connectivity index (χ0v) is 18.1. The Kier molecular flexibility index (Phi) is 7.00. The van der Waals surface area contributed by atoms with Crippen LogP contribution >= 0.6 is 0 Å². The van der Waals surface area contributed by atoms with Crippen LogP contribution in [0, 0.1) is 0 Å². The normalized spacial score (nSPS) is 15.8. The Morgan fingerprint density at radius 3 is 2.52 bits per heavy atom. The Hall–Kier alpha value is -3.11. The van der Waals surface area contributed by atoms with Crippen molar-refractivity contribution < 1.29 is 9.53 Å². The first-order chi connectivity index (χ1) is 15.2. The van der Waals surface area contributed by atoms with Crippen LogP contribution in [0.5, 0.6) is 5.75 Å². The smallest absolute Gasteiger partial charge is 0.257 e. The molecule has 0 unspecified atom stereocenters. The van der Waals surface area contributed by atoms with E-state index in [1.165, 1.54) is 22.3 Å². The summed E-state index contributed by atoms with van der Waals surface area (Å²) in [7, 11) is 0. The van der Waals surface area contributed by atoms with Gasteiger partial charge in [-0.15, -0.1) is 0 Å². The molecule has 1 heterocycles. The summed E-state index contributed by atoms with van der Waals surface area (Å²) >= 11 is 0. The first kappa shape index (κ1) is 21.1. The third-order valence-corrected chi connectivity index (χ3v) is 5.73. The molecule has 1 aliphatic rings. The molecular formula is C27H30N2O2. The Morgan fingerprint density at radius 2 is 1.77 bits per heavy atom. The topological polar surface area (TPSA) is 41.6 Å². The Bertz CT molecular complexity index is 989. The van der Waals surface area contributed by atoms with Crippen LogP contribution in [-0.4, -0.2) is 30.5 Å². The fraction of sp³-hybridized carbons (Fsp3) is 0.296. The van der Waals surface area contributed by atoms with E-state index in [0.29, 0.717) is 6.54 Å². The van der Waals surface area contributed by atoms with E-state index in [1.54, 1.807) is 0 Å². The second-order valence-electron chi connectivity index (χ2n) is 8.02. The zero-order chi connectivity index (χ0) is 21.5. The lowest BCUT2D eigenvalue weighted by Crippen LogP contribution is -2.35. The summed E-state index contributed by atoms with van der Waals surface area (Å²) in [6, 6.07) is 27.7. The summed E-state index contributed by atoms with van der Waals surface area (Å²) in [5.74, 6) is 0.665. The third-order valence-electron chi connectivity index (χ3n) is 5.73. The molecule has 0 fully saturated rings. The van der Waals surface area contributed by atoms with E-state index in [1.807, 2.05) is 13.0 Å². The van der Waals surface area contributed by atoms with Gasteiger partial charge in [-0.3, -0.25) is 9.69 Å². The van der Waals surface area contributed by atoms with Crippen molar-refractivity contribution in [3.63, 3.8) is 0 Å². The van der Waals surface area contributed by atoms with E-state index < -0.39 is 0 Å². The van der Waals surface area contributed by atoms with Gasteiger partial charge in [0.25, 0.3) is 5.91 Å². The molecule has 3 aromatic rings. The van der Waals surface area contributed by atoms with Crippen LogP contribution in [-0.2, 0) is 17.8 Å². The number of rotatable bonds is 8. The van der Waals surface area contributed by atoms with Gasteiger partial charge in [0.2, 0.25) is 0 Å². The zero-order valence-electron chi connectivity index (χ0n) is 18.1. The highest BCUT2D eigenvalue weighted by Gasteiger charge is 2.29. The van der Waals surface area contributed by atoms with E-state index in [4.69, 9.17) is 4.74 Å². The number of ether oxygens (including phenoxy) is 1. The van der Waals surface area contributed by atoms with Crippen LogP contribution in [0.2, 0.25) is 0 Å². The van der Waals surface area contributed by atoms with Crippen LogP contribution in [0.3, 0.4) is 0 Å². The van der Waals surface area contributed by atoms with Crippen molar-refractivity contribution >= 4 is 5.91 Å². The van der Waals surface area contributed by atoms with E-state index in [-0.39, 0.29) is 18.6 Å². The van der Waals surface area contributed by atoms with E-state index in [9.17, 15) is 4.79 Å². The molecule has 4 heteroatoms. The van der Waals surface area contributed by atoms with Crippen LogP contribution in [0.4, 0.5) is 0 Å². The number of carbonyl (C=O) groups is 1. The van der Waals surface area contributed by atoms with Crippen molar-refractivity contribution in [2.75, 3.05) is 19.7 Å². The van der Waals surface area contributed by atoms with Crippen LogP contribution < -0.4 is 10.1 Å². The van der Waals surface area contributed by atoms with Gasteiger partial charge in [0.05, 0.1) is 6.04 Å². The van der Waals surface area contributed by atoms with E-state index >= 15 is 0 Å². The number of benzene rings is 3. The number of nitrogens with zero attached hydrogens (tertiary/aromatic N) is 1. The quantitative estimate of drug-likeness (QED) is 0.579. The van der Waals surface area contributed by atoms with Crippen molar-refractivity contribution in [3.05, 3.63) is 101 Å². The minimum absolute atomic E-state index is 0.0442. The average molecular weight is 415 g/mol. The largest absolute Gasteiger partial charge is 0.484 e. The number of carbonyl (C=O) groups excluding carboxylic acids is 1. The van der Waals surface area contributed by atoms with Crippen molar-refractivity contribution in [2.45, 2.75) is 32.4 Å². The van der Waals surface area contributed by atoms with Gasteiger partial charge < -0.3 is 10.1 Å². The molecular weight excluding hydrogens is 384 g/mol. The molecule has 0 bridgehead atoms. The molecule has 1 aliphatic heterocycles. The second kappa shape index (κ2) is 10.3. The highest BCUT2D eigenvalue weighted by Crippen LogP contribution is 2.37. The molecule has 0 spiro atoms. The van der Waals surface area contributed by atoms with Crippen molar-refractivity contribution in [1.29, 1.82) is 0 Å². The molecule has 160 valence electrons. The molecule has 3 aromatic carbocycles. The fourth-order valence-corrected chi connectivity index (χ4v) is 4.21. The van der Waals surface area contributed by atoms with Gasteiger partial charge in [-0.2, -0.15) is 0 Å². The number of fused-ring (bicyclic) bond motifs is 1. The number of amides is 1. The molecule has 0 saturated heterocycles. The van der Waals surface area contributed by atoms with Crippen molar-refractivity contribution in [3.8, 4) is 5.75 Å². The van der Waals surface area contributed by atoms with Gasteiger partial charge in [-0.05, 0) is 47.2 Å². The Labute approximate surface area is 184 Å². The van der Waals surface area contributed by atoms with Crippen molar-refractivity contribution in [1.82, 2.24) is 10.2 Å². The monoisotopic (exact) mass is 414 g/mol. The Balaban J connectivity index is 1.60. The van der Waals surface area contributed by atoms with Gasteiger partial charge in [0, 0.05) is 19.6 Å². The predicted molar refractivity (Wildman–Crippen MR) is 124 cm³/mol. The van der Waals surface area contributed by atoms with Gasteiger partial charge in [-0.25, -0.2) is 0 Å². The lowest BCUT2D eigenvalue weighted by molar-refractivity contribution is -0.123. The van der Waals surface area contributed by atoms with Crippen LogP contribution in [0.25, 0.3) is 0 Å². The van der Waals surface area contributed by atoms with E-state index in [0.717, 1.165) is 31.7 Å². The number of hydrogen-bond acceptors (Lipinski definition) is 3. The van der Waals surface area contributed by atoms with Gasteiger partial charge in [0.1, 0.15) is 5.75 Å². The van der Waals surface area contributed by atoms with Crippen molar-refractivity contribution in [2.24, 2.45) is 0 Å². The average Bonchev–Trinajstić information content (AvgIpc) is 2.82. The molecule has 0 aromatic heterocycles. The fourth-order valence-electron chi connectivity index (χ4n) is 4.21. The highest BCUT2D eigenvalue weighted by atomic mass is 16.5. The molecule has 1 atom stereocenters. The number of nitrogens with one attached hydrogen (secondary N) is 1. The second-order valence-corrected chi connectivity index (χ2v) is 8.02. The SMILES string of the molecule is CCCNC(=O)COc1ccc2c(c1)[C@H](c1ccccc1)N(Cc1ccccc1)CC2. The summed E-state index contributed by atoms with van der Waals surface area (Å²) in [4.78, 5) is 14.5. The predicted octanol–water partition coefficient (Wildman–Crippen LogP) is 4.74. The lowest BCUT2D eigenvalue weighted by atomic mass is 9.87. The van der Waals surface area contributed by atoms with Gasteiger partial charge >= 0.3 is 0 Å². The molecule has 0 aliphatic carbocycles. The van der Waals surface area contributed by atoms with Gasteiger partial charge in [0.15, 0.2) is 6.61 Å². The summed E-state index contributed by atoms with van der Waals surface area (Å²) in [6.45, 7) is 4.65. The molecule has 1 N–H and O–H groups in total. The molecule has 1 amide bonds. The number of hydrogen-bond donors (Lipinski definition) is 1. The lowest BCUT2D eigenvalue weighted by Gasteiger charge is -2.38. The first-order valence-corrected chi connectivity index (χ1v) is 11.1. The summed E-state index contributed by atoms with van der Waals surface area (Å²) in [5, 5.41) is 2.86. The maximum absolute atomic E-state index is 12.0. The molecule has 4 nitrogen and oxygen atoms in total. The Morgan fingerprint density at radius 1 is 1.03 bits per heavy atom. The third kappa shape index (κ3) is 5.33. The van der Waals surface area contributed by atoms with Gasteiger partial charge in [-0.1, -0.05) is 73.7 Å². The maximum Gasteiger partial charge on any atom is 0.257 e. The summed E-state index contributed by atoms with van der Waals surface area (Å²) in [5.41, 5.74) is 5.20. The molecule has 0 saturated carbocycles.